The number of nitrogens with zero attached hydrogens (tertiary/aromatic N) is 1. The molecular formula is C23H37NO5. The Hall–Kier alpha value is -1.98. The Kier molecular flexibility index (Phi) is 9.55. The Labute approximate surface area is 174 Å². The molecule has 0 spiro atoms. The van der Waals surface area contributed by atoms with Gasteiger partial charge in [0.25, 0.3) is 5.09 Å². The van der Waals surface area contributed by atoms with Crippen LogP contribution in [0.25, 0.3) is 0 Å². The smallest absolute Gasteiger partial charge is 0.294 e. The van der Waals surface area contributed by atoms with Gasteiger partial charge in [-0.2, -0.15) is 0 Å². The van der Waals surface area contributed by atoms with Crippen molar-refractivity contribution in [2.24, 2.45) is 5.92 Å². The van der Waals surface area contributed by atoms with Crippen molar-refractivity contribution in [1.29, 1.82) is 0 Å². The third-order valence-corrected chi connectivity index (χ3v) is 5.72. The minimum atomic E-state index is -0.719. The van der Waals surface area contributed by atoms with E-state index in [4.69, 9.17) is 4.74 Å². The van der Waals surface area contributed by atoms with E-state index >= 15 is 0 Å². The summed E-state index contributed by atoms with van der Waals surface area (Å²) in [7, 11) is 0. The molecule has 1 aromatic rings. The van der Waals surface area contributed by atoms with Crippen LogP contribution in [0, 0.1) is 16.0 Å². The van der Waals surface area contributed by atoms with Crippen molar-refractivity contribution in [3.8, 4) is 11.5 Å². The predicted molar refractivity (Wildman–Crippen MR) is 114 cm³/mol. The summed E-state index contributed by atoms with van der Waals surface area (Å²) in [4.78, 5) is 15.1. The first kappa shape index (κ1) is 23.3. The molecule has 6 heteroatoms. The molecule has 0 heterocycles. The van der Waals surface area contributed by atoms with Gasteiger partial charge in [0.1, 0.15) is 11.5 Å². The lowest BCUT2D eigenvalue weighted by Crippen LogP contribution is -2.21. The van der Waals surface area contributed by atoms with Gasteiger partial charge in [-0.15, -0.1) is 10.1 Å². The van der Waals surface area contributed by atoms with Gasteiger partial charge in [-0.05, 0) is 75.5 Å². The van der Waals surface area contributed by atoms with Crippen molar-refractivity contribution in [3.05, 3.63) is 33.4 Å². The first-order valence-corrected chi connectivity index (χ1v) is 11.2. The van der Waals surface area contributed by atoms with Crippen LogP contribution in [0.5, 0.6) is 11.5 Å². The van der Waals surface area contributed by atoms with Crippen LogP contribution in [0.3, 0.4) is 0 Å². The molecule has 1 N–H and O–H groups in total. The first-order valence-electron chi connectivity index (χ1n) is 11.2. The molecule has 2 atom stereocenters. The van der Waals surface area contributed by atoms with E-state index in [2.05, 4.69) is 17.8 Å². The Balaban J connectivity index is 2.13. The highest BCUT2D eigenvalue weighted by Gasteiger charge is 2.29. The van der Waals surface area contributed by atoms with Gasteiger partial charge in [-0.1, -0.05) is 39.0 Å². The van der Waals surface area contributed by atoms with Gasteiger partial charge in [-0.3, -0.25) is 0 Å². The molecule has 1 fully saturated rings. The fraction of sp³-hybridized carbons (Fsp3) is 0.739. The van der Waals surface area contributed by atoms with Crippen molar-refractivity contribution in [1.82, 2.24) is 0 Å². The molecule has 0 bridgehead atoms. The van der Waals surface area contributed by atoms with Gasteiger partial charge < -0.3 is 14.7 Å². The van der Waals surface area contributed by atoms with Crippen molar-refractivity contribution >= 4 is 0 Å². The highest BCUT2D eigenvalue weighted by molar-refractivity contribution is 5.50. The summed E-state index contributed by atoms with van der Waals surface area (Å²) in [6, 6.07) is 3.98. The minimum absolute atomic E-state index is 0.0187. The summed E-state index contributed by atoms with van der Waals surface area (Å²) in [6.07, 6.45) is 10.6. The van der Waals surface area contributed by atoms with Crippen LogP contribution in [0.15, 0.2) is 12.1 Å². The van der Waals surface area contributed by atoms with Crippen LogP contribution < -0.4 is 4.74 Å². The highest BCUT2D eigenvalue weighted by atomic mass is 16.9. The number of hydrogen-bond acceptors (Lipinski definition) is 5. The summed E-state index contributed by atoms with van der Waals surface area (Å²) in [6.45, 7) is 6.33. The number of rotatable bonds is 12. The Morgan fingerprint density at radius 2 is 1.97 bits per heavy atom. The molecule has 29 heavy (non-hydrogen) atoms. The van der Waals surface area contributed by atoms with Gasteiger partial charge >= 0.3 is 0 Å². The molecule has 1 saturated carbocycles. The molecule has 1 aliphatic rings. The summed E-state index contributed by atoms with van der Waals surface area (Å²) in [5.74, 6) is 1.33. The molecule has 0 saturated heterocycles. The van der Waals surface area contributed by atoms with E-state index in [0.717, 1.165) is 55.4 Å². The van der Waals surface area contributed by atoms with E-state index in [-0.39, 0.29) is 24.5 Å². The van der Waals surface area contributed by atoms with Crippen molar-refractivity contribution in [2.45, 2.75) is 97.0 Å². The first-order chi connectivity index (χ1) is 13.9. The highest BCUT2D eigenvalue weighted by Crippen LogP contribution is 2.45. The third kappa shape index (κ3) is 7.75. The summed E-state index contributed by atoms with van der Waals surface area (Å²) < 4.78 is 6.10. The number of unbranched alkanes of at least 4 members (excludes halogenated alkanes) is 4. The fourth-order valence-corrected chi connectivity index (χ4v) is 4.38. The fourth-order valence-electron chi connectivity index (χ4n) is 4.38. The van der Waals surface area contributed by atoms with E-state index in [1.54, 1.807) is 0 Å². The lowest BCUT2D eigenvalue weighted by Gasteiger charge is -2.31. The maximum Gasteiger partial charge on any atom is 0.294 e. The summed E-state index contributed by atoms with van der Waals surface area (Å²) in [5, 5.41) is 20.7. The monoisotopic (exact) mass is 407 g/mol. The maximum absolute atomic E-state index is 10.9. The maximum atomic E-state index is 10.9. The van der Waals surface area contributed by atoms with Crippen molar-refractivity contribution in [2.75, 3.05) is 6.61 Å². The molecule has 0 radical (unpaired) electrons. The van der Waals surface area contributed by atoms with E-state index in [9.17, 15) is 15.2 Å². The second kappa shape index (κ2) is 11.9. The molecule has 0 aromatic heterocycles. The largest absolute Gasteiger partial charge is 0.508 e. The standard InChI is InChI=1S/C23H37NO5/c1-4-5-6-7-8-10-18-14-21(25)23(22(15-18)29-17(2)3)20-12-9-11-19(13-20)16-28-24(26)27/h14-15,17,19-20,25H,4-13,16H2,1-3H3. The van der Waals surface area contributed by atoms with E-state index < -0.39 is 5.09 Å². The second-order valence-corrected chi connectivity index (χ2v) is 8.61. The second-order valence-electron chi connectivity index (χ2n) is 8.61. The molecule has 1 aliphatic carbocycles. The average Bonchev–Trinajstić information content (AvgIpc) is 2.66. The van der Waals surface area contributed by atoms with Crippen molar-refractivity contribution in [3.63, 3.8) is 0 Å². The molecular weight excluding hydrogens is 370 g/mol. The number of aryl methyl sites for hydroxylation is 1. The molecule has 6 nitrogen and oxygen atoms in total. The normalized spacial score (nSPS) is 19.3. The SMILES string of the molecule is CCCCCCCc1cc(O)c(C2CCCC(CO[N+](=O)[O-])C2)c(OC(C)C)c1. The number of ether oxygens (including phenoxy) is 1. The van der Waals surface area contributed by atoms with Crippen molar-refractivity contribution < 1.29 is 19.8 Å². The van der Waals surface area contributed by atoms with Gasteiger partial charge in [-0.25, -0.2) is 0 Å². The van der Waals surface area contributed by atoms with E-state index in [1.165, 1.54) is 25.7 Å². The molecule has 2 unspecified atom stereocenters. The molecule has 0 aliphatic heterocycles. The Morgan fingerprint density at radius 3 is 2.66 bits per heavy atom. The van der Waals surface area contributed by atoms with Crippen LogP contribution >= 0.6 is 0 Å². The van der Waals surface area contributed by atoms with Gasteiger partial charge in [0.2, 0.25) is 0 Å². The average molecular weight is 408 g/mol. The molecule has 1 aromatic carbocycles. The number of phenolic OH excluding ortho intramolecular Hbond substituents is 1. The summed E-state index contributed by atoms with van der Waals surface area (Å²) in [5.41, 5.74) is 1.97. The molecule has 0 amide bonds. The van der Waals surface area contributed by atoms with Gasteiger partial charge in [0.15, 0.2) is 0 Å². The van der Waals surface area contributed by atoms with Gasteiger partial charge in [0, 0.05) is 5.56 Å². The predicted octanol–water partition coefficient (Wildman–Crippen LogP) is 6.17. The Morgan fingerprint density at radius 1 is 1.21 bits per heavy atom. The number of phenols is 1. The topological polar surface area (TPSA) is 81.8 Å². The zero-order chi connectivity index (χ0) is 21.2. The minimum Gasteiger partial charge on any atom is -0.508 e. The van der Waals surface area contributed by atoms with Crippen LogP contribution in [-0.4, -0.2) is 22.9 Å². The van der Waals surface area contributed by atoms with Crippen LogP contribution in [-0.2, 0) is 11.3 Å². The lowest BCUT2D eigenvalue weighted by molar-refractivity contribution is -0.759. The summed E-state index contributed by atoms with van der Waals surface area (Å²) >= 11 is 0. The zero-order valence-electron chi connectivity index (χ0n) is 18.2. The molecule has 2 rings (SSSR count). The third-order valence-electron chi connectivity index (χ3n) is 5.72. The van der Waals surface area contributed by atoms with Crippen LogP contribution in [0.1, 0.15) is 95.6 Å². The quantitative estimate of drug-likeness (QED) is 0.254. The number of hydrogen-bond donors (Lipinski definition) is 1. The lowest BCUT2D eigenvalue weighted by atomic mass is 9.77. The van der Waals surface area contributed by atoms with E-state index in [0.29, 0.717) is 5.75 Å². The van der Waals surface area contributed by atoms with Gasteiger partial charge in [0.05, 0.1) is 12.7 Å². The number of benzene rings is 1. The molecule has 164 valence electrons. The zero-order valence-corrected chi connectivity index (χ0v) is 18.2. The van der Waals surface area contributed by atoms with Crippen LogP contribution in [0.2, 0.25) is 0 Å². The number of aromatic hydroxyl groups is 1. The Bertz CT molecular complexity index is 646. The van der Waals surface area contributed by atoms with E-state index in [1.807, 2.05) is 19.9 Å². The van der Waals surface area contributed by atoms with Crippen LogP contribution in [0.4, 0.5) is 0 Å².